The summed E-state index contributed by atoms with van der Waals surface area (Å²) in [7, 11) is 0. The fraction of sp³-hybridized carbons (Fsp3) is 0.529. The number of aromatic nitrogens is 3. The number of carboxylic acid groups (broad SMARTS) is 1. The van der Waals surface area contributed by atoms with E-state index < -0.39 is 17.3 Å². The second-order valence-corrected chi connectivity index (χ2v) is 6.91. The van der Waals surface area contributed by atoms with Gasteiger partial charge in [0.15, 0.2) is 0 Å². The van der Waals surface area contributed by atoms with Gasteiger partial charge >= 0.3 is 5.97 Å². The molecule has 1 N–H and O–H groups in total. The first-order valence-corrected chi connectivity index (χ1v) is 8.42. The van der Waals surface area contributed by atoms with E-state index in [9.17, 15) is 14.7 Å². The number of ether oxygens (including phenoxy) is 1. The first kappa shape index (κ1) is 16.0. The van der Waals surface area contributed by atoms with E-state index in [4.69, 9.17) is 4.74 Å². The summed E-state index contributed by atoms with van der Waals surface area (Å²) >= 11 is 0. The van der Waals surface area contributed by atoms with Crippen molar-refractivity contribution in [3.05, 3.63) is 29.6 Å². The molecule has 2 fully saturated rings. The summed E-state index contributed by atoms with van der Waals surface area (Å²) in [6, 6.07) is 3.56. The van der Waals surface area contributed by atoms with Crippen molar-refractivity contribution >= 4 is 17.4 Å². The van der Waals surface area contributed by atoms with Crippen LogP contribution in [0.2, 0.25) is 0 Å². The molecule has 2 aliphatic heterocycles. The zero-order valence-electron chi connectivity index (χ0n) is 14.0. The van der Waals surface area contributed by atoms with Crippen LogP contribution in [0.3, 0.4) is 0 Å². The number of hydrogen-bond acceptors (Lipinski definition) is 5. The van der Waals surface area contributed by atoms with E-state index in [2.05, 4.69) is 10.2 Å². The van der Waals surface area contributed by atoms with Gasteiger partial charge in [0.25, 0.3) is 5.91 Å². The van der Waals surface area contributed by atoms with Gasteiger partial charge in [-0.25, -0.2) is 0 Å². The van der Waals surface area contributed by atoms with E-state index in [0.29, 0.717) is 49.4 Å². The van der Waals surface area contributed by atoms with E-state index in [-0.39, 0.29) is 12.5 Å². The van der Waals surface area contributed by atoms with Crippen LogP contribution in [-0.4, -0.2) is 63.0 Å². The highest BCUT2D eigenvalue weighted by atomic mass is 16.5. The van der Waals surface area contributed by atoms with E-state index >= 15 is 0 Å². The molecule has 0 radical (unpaired) electrons. The predicted molar refractivity (Wildman–Crippen MR) is 87.2 cm³/mol. The summed E-state index contributed by atoms with van der Waals surface area (Å²) in [6.45, 7) is 3.54. The molecule has 0 aromatic carbocycles. The average molecular weight is 344 g/mol. The maximum Gasteiger partial charge on any atom is 0.308 e. The number of carbonyl (C=O) groups is 2. The van der Waals surface area contributed by atoms with Crippen molar-refractivity contribution < 1.29 is 19.4 Å². The number of aryl methyl sites for hydroxylation is 1. The zero-order valence-corrected chi connectivity index (χ0v) is 14.0. The Morgan fingerprint density at radius 3 is 2.84 bits per heavy atom. The van der Waals surface area contributed by atoms with Crippen LogP contribution in [0.1, 0.15) is 28.9 Å². The number of likely N-dealkylation sites (tertiary alicyclic amines) is 1. The lowest BCUT2D eigenvalue weighted by Crippen LogP contribution is -2.40. The summed E-state index contributed by atoms with van der Waals surface area (Å²) in [5.74, 6) is -1.56. The van der Waals surface area contributed by atoms with Crippen molar-refractivity contribution in [3.8, 4) is 0 Å². The normalized spacial score (nSPS) is 22.6. The van der Waals surface area contributed by atoms with Crippen LogP contribution in [0.15, 0.2) is 18.3 Å². The standard InChI is InChI=1S/C17H20N4O4/c1-11-14(13-3-2-6-18-21(13)19-11)15(22)20-9-12(16(23)24)17(10-20)4-7-25-8-5-17/h2-3,6,12H,4-5,7-10H2,1H3,(H,23,24). The van der Waals surface area contributed by atoms with Gasteiger partial charge in [-0.2, -0.15) is 14.8 Å². The van der Waals surface area contributed by atoms with Crippen molar-refractivity contribution in [1.82, 2.24) is 19.7 Å². The summed E-state index contributed by atoms with van der Waals surface area (Å²) < 4.78 is 6.85. The number of carbonyl (C=O) groups excluding carboxylic acids is 1. The molecule has 8 heteroatoms. The molecule has 1 spiro atoms. The van der Waals surface area contributed by atoms with Crippen LogP contribution in [0.5, 0.6) is 0 Å². The SMILES string of the molecule is Cc1nn2ncccc2c1C(=O)N1CC(C(=O)O)C2(CCOCC2)C1. The highest BCUT2D eigenvalue weighted by Gasteiger charge is 2.52. The fourth-order valence-corrected chi connectivity index (χ4v) is 4.18. The van der Waals surface area contributed by atoms with Gasteiger partial charge in [-0.1, -0.05) is 0 Å². The molecule has 0 aliphatic carbocycles. The fourth-order valence-electron chi connectivity index (χ4n) is 4.18. The summed E-state index contributed by atoms with van der Waals surface area (Å²) in [6.07, 6.45) is 2.95. The number of hydrogen-bond donors (Lipinski definition) is 1. The van der Waals surface area contributed by atoms with Gasteiger partial charge in [-0.15, -0.1) is 0 Å². The molecule has 0 bridgehead atoms. The Kier molecular flexibility index (Phi) is 3.72. The second kappa shape index (κ2) is 5.80. The molecule has 1 amide bonds. The Balaban J connectivity index is 1.69. The van der Waals surface area contributed by atoms with Crippen LogP contribution in [-0.2, 0) is 9.53 Å². The van der Waals surface area contributed by atoms with E-state index in [1.807, 2.05) is 0 Å². The van der Waals surface area contributed by atoms with Gasteiger partial charge < -0.3 is 14.7 Å². The lowest BCUT2D eigenvalue weighted by atomic mass is 9.72. The maximum atomic E-state index is 13.2. The molecule has 8 nitrogen and oxygen atoms in total. The van der Waals surface area contributed by atoms with E-state index in [0.717, 1.165) is 0 Å². The monoisotopic (exact) mass is 344 g/mol. The van der Waals surface area contributed by atoms with Crippen molar-refractivity contribution in [1.29, 1.82) is 0 Å². The smallest absolute Gasteiger partial charge is 0.308 e. The molecule has 1 unspecified atom stereocenters. The van der Waals surface area contributed by atoms with Gasteiger partial charge in [-0.05, 0) is 31.9 Å². The third-order valence-corrected chi connectivity index (χ3v) is 5.53. The van der Waals surface area contributed by atoms with Gasteiger partial charge in [-0.3, -0.25) is 9.59 Å². The summed E-state index contributed by atoms with van der Waals surface area (Å²) in [5.41, 5.74) is 1.35. The zero-order chi connectivity index (χ0) is 17.6. The number of rotatable bonds is 2. The third-order valence-electron chi connectivity index (χ3n) is 5.53. The minimum absolute atomic E-state index is 0.171. The summed E-state index contributed by atoms with van der Waals surface area (Å²) in [5, 5.41) is 18.1. The molecular formula is C17H20N4O4. The topological polar surface area (TPSA) is 97.0 Å². The lowest BCUT2D eigenvalue weighted by Gasteiger charge is -2.36. The van der Waals surface area contributed by atoms with Crippen molar-refractivity contribution in [2.75, 3.05) is 26.3 Å². The number of carboxylic acids is 1. The van der Waals surface area contributed by atoms with Gasteiger partial charge in [0.2, 0.25) is 0 Å². The molecule has 25 heavy (non-hydrogen) atoms. The van der Waals surface area contributed by atoms with Crippen LogP contribution < -0.4 is 0 Å². The Morgan fingerprint density at radius 1 is 1.36 bits per heavy atom. The number of amides is 1. The molecule has 132 valence electrons. The molecule has 2 aromatic heterocycles. The molecule has 0 saturated carbocycles. The molecule has 1 atom stereocenters. The Hall–Kier alpha value is -2.48. The Bertz CT molecular complexity index is 840. The number of aliphatic carboxylic acids is 1. The minimum atomic E-state index is -0.838. The Labute approximate surface area is 144 Å². The van der Waals surface area contributed by atoms with Crippen molar-refractivity contribution in [3.63, 3.8) is 0 Å². The van der Waals surface area contributed by atoms with Crippen LogP contribution in [0.25, 0.3) is 5.52 Å². The third kappa shape index (κ3) is 2.48. The molecule has 4 rings (SSSR count). The first-order chi connectivity index (χ1) is 12.0. The molecular weight excluding hydrogens is 324 g/mol. The molecule has 2 aromatic rings. The lowest BCUT2D eigenvalue weighted by molar-refractivity contribution is -0.146. The highest BCUT2D eigenvalue weighted by Crippen LogP contribution is 2.45. The van der Waals surface area contributed by atoms with Gasteiger partial charge in [0, 0.05) is 37.9 Å². The van der Waals surface area contributed by atoms with Crippen LogP contribution in [0, 0.1) is 18.3 Å². The maximum absolute atomic E-state index is 13.2. The number of nitrogens with zero attached hydrogens (tertiary/aromatic N) is 4. The van der Waals surface area contributed by atoms with E-state index in [1.165, 1.54) is 4.63 Å². The highest BCUT2D eigenvalue weighted by molar-refractivity contribution is 6.02. The van der Waals surface area contributed by atoms with Gasteiger partial charge in [0.1, 0.15) is 5.52 Å². The van der Waals surface area contributed by atoms with Crippen LogP contribution in [0.4, 0.5) is 0 Å². The summed E-state index contributed by atoms with van der Waals surface area (Å²) in [4.78, 5) is 26.6. The minimum Gasteiger partial charge on any atom is -0.481 e. The average Bonchev–Trinajstić information content (AvgIpc) is 3.12. The van der Waals surface area contributed by atoms with Crippen LogP contribution >= 0.6 is 0 Å². The molecule has 4 heterocycles. The Morgan fingerprint density at radius 2 is 2.12 bits per heavy atom. The number of fused-ring (bicyclic) bond motifs is 1. The van der Waals surface area contributed by atoms with Crippen molar-refractivity contribution in [2.45, 2.75) is 19.8 Å². The van der Waals surface area contributed by atoms with Gasteiger partial charge in [0.05, 0.1) is 17.2 Å². The molecule has 2 aliphatic rings. The first-order valence-electron chi connectivity index (χ1n) is 8.42. The largest absolute Gasteiger partial charge is 0.481 e. The second-order valence-electron chi connectivity index (χ2n) is 6.91. The van der Waals surface area contributed by atoms with E-state index in [1.54, 1.807) is 30.2 Å². The predicted octanol–water partition coefficient (Wildman–Crippen LogP) is 0.991. The molecule has 2 saturated heterocycles. The quantitative estimate of drug-likeness (QED) is 0.873. The van der Waals surface area contributed by atoms with Crippen molar-refractivity contribution in [2.24, 2.45) is 11.3 Å².